The van der Waals surface area contributed by atoms with Crippen molar-refractivity contribution in [3.05, 3.63) is 50.8 Å². The fraction of sp³-hybridized carbons (Fsp3) is 0.286. The van der Waals surface area contributed by atoms with Gasteiger partial charge in [0.05, 0.1) is 5.56 Å². The van der Waals surface area contributed by atoms with Crippen molar-refractivity contribution >= 4 is 23.6 Å². The summed E-state index contributed by atoms with van der Waals surface area (Å²) in [6.07, 6.45) is 0.0460. The first kappa shape index (κ1) is 17.6. The molecule has 0 aliphatic carbocycles. The molecule has 1 heterocycles. The molecule has 1 aromatic carbocycles. The number of nitrogens with one attached hydrogen (secondary N) is 2. The zero-order valence-corrected chi connectivity index (χ0v) is 13.8. The average molecular weight is 351 g/mol. The van der Waals surface area contributed by atoms with E-state index in [-0.39, 0.29) is 24.7 Å². The fourth-order valence-electron chi connectivity index (χ4n) is 2.03. The normalized spacial score (nSPS) is 13.6. The van der Waals surface area contributed by atoms with Gasteiger partial charge < -0.3 is 26.1 Å². The van der Waals surface area contributed by atoms with Crippen molar-refractivity contribution in [2.75, 3.05) is 20.3 Å². The Morgan fingerprint density at radius 3 is 2.83 bits per heavy atom. The number of carbonyl (C=O) groups excluding carboxylic acids is 2. The van der Waals surface area contributed by atoms with Gasteiger partial charge in [-0.15, -0.1) is 0 Å². The van der Waals surface area contributed by atoms with Gasteiger partial charge in [-0.3, -0.25) is 14.9 Å². The van der Waals surface area contributed by atoms with E-state index in [4.69, 9.17) is 5.73 Å². The standard InChI is InChI=1S/C14H17N5O4S/c1-18-8-17-12(19(22)23)14(18)24-10-5-3-2-4-9(10)13(21)16-7-6-11(15)20/h2-5,17H,6-8H2,1H3,(H2,15,20)(H,16,21). The van der Waals surface area contributed by atoms with E-state index in [2.05, 4.69) is 10.6 Å². The van der Waals surface area contributed by atoms with Crippen LogP contribution in [0, 0.1) is 10.1 Å². The van der Waals surface area contributed by atoms with Crippen LogP contribution in [0.5, 0.6) is 0 Å². The molecule has 24 heavy (non-hydrogen) atoms. The van der Waals surface area contributed by atoms with Crippen LogP contribution >= 0.6 is 11.8 Å². The van der Waals surface area contributed by atoms with Crippen LogP contribution in [-0.4, -0.2) is 41.9 Å². The van der Waals surface area contributed by atoms with E-state index >= 15 is 0 Å². The summed E-state index contributed by atoms with van der Waals surface area (Å²) in [5.41, 5.74) is 5.42. The molecule has 0 atom stereocenters. The van der Waals surface area contributed by atoms with Crippen LogP contribution in [0.2, 0.25) is 0 Å². The zero-order chi connectivity index (χ0) is 17.7. The minimum Gasteiger partial charge on any atom is -0.370 e. The third-order valence-electron chi connectivity index (χ3n) is 3.21. The molecule has 0 radical (unpaired) electrons. The molecule has 0 bridgehead atoms. The Morgan fingerprint density at radius 1 is 1.46 bits per heavy atom. The number of thioether (sulfide) groups is 1. The van der Waals surface area contributed by atoms with Gasteiger partial charge in [0, 0.05) is 24.9 Å². The molecule has 0 unspecified atom stereocenters. The highest BCUT2D eigenvalue weighted by atomic mass is 32.2. The molecular formula is C14H17N5O4S. The minimum atomic E-state index is -0.502. The van der Waals surface area contributed by atoms with Crippen LogP contribution < -0.4 is 16.4 Å². The maximum absolute atomic E-state index is 12.3. The van der Waals surface area contributed by atoms with Gasteiger partial charge in [-0.2, -0.15) is 0 Å². The second-order valence-corrected chi connectivity index (χ2v) is 6.04. The molecule has 0 spiro atoms. The minimum absolute atomic E-state index is 0.0460. The topological polar surface area (TPSA) is 131 Å². The first-order valence-corrected chi connectivity index (χ1v) is 7.89. The number of nitrogens with two attached hydrogens (primary N) is 1. The number of primary amides is 1. The van der Waals surface area contributed by atoms with Gasteiger partial charge in [0.25, 0.3) is 5.91 Å². The Hall–Kier alpha value is -2.75. The van der Waals surface area contributed by atoms with Gasteiger partial charge in [0.1, 0.15) is 0 Å². The predicted octanol–water partition coefficient (Wildman–Crippen LogP) is 0.280. The number of benzene rings is 1. The van der Waals surface area contributed by atoms with E-state index < -0.39 is 10.8 Å². The van der Waals surface area contributed by atoms with Crippen molar-refractivity contribution in [1.82, 2.24) is 15.5 Å². The van der Waals surface area contributed by atoms with Crippen molar-refractivity contribution in [3.8, 4) is 0 Å². The molecule has 0 fully saturated rings. The second kappa shape index (κ2) is 7.68. The molecule has 0 saturated carbocycles. The third-order valence-corrected chi connectivity index (χ3v) is 4.49. The molecule has 10 heteroatoms. The summed E-state index contributed by atoms with van der Waals surface area (Å²) in [5, 5.41) is 16.8. The van der Waals surface area contributed by atoms with E-state index in [1.165, 1.54) is 0 Å². The van der Waals surface area contributed by atoms with E-state index in [9.17, 15) is 19.7 Å². The Morgan fingerprint density at radius 2 is 2.17 bits per heavy atom. The molecular weight excluding hydrogens is 334 g/mol. The maximum Gasteiger partial charge on any atom is 0.348 e. The number of amides is 2. The average Bonchev–Trinajstić information content (AvgIpc) is 2.88. The van der Waals surface area contributed by atoms with Crippen molar-refractivity contribution in [3.63, 3.8) is 0 Å². The molecule has 0 aromatic heterocycles. The van der Waals surface area contributed by atoms with Crippen LogP contribution in [0.4, 0.5) is 0 Å². The summed E-state index contributed by atoms with van der Waals surface area (Å²) in [6, 6.07) is 6.78. The smallest absolute Gasteiger partial charge is 0.348 e. The molecule has 128 valence electrons. The predicted molar refractivity (Wildman–Crippen MR) is 88.2 cm³/mol. The van der Waals surface area contributed by atoms with Crippen LogP contribution in [0.15, 0.2) is 40.0 Å². The summed E-state index contributed by atoms with van der Waals surface area (Å²) in [6.45, 7) is 0.461. The lowest BCUT2D eigenvalue weighted by atomic mass is 10.2. The number of rotatable bonds is 7. The fourth-order valence-corrected chi connectivity index (χ4v) is 3.12. The summed E-state index contributed by atoms with van der Waals surface area (Å²) < 4.78 is 0. The highest BCUT2D eigenvalue weighted by Crippen LogP contribution is 2.34. The quantitative estimate of drug-likeness (QED) is 0.475. The van der Waals surface area contributed by atoms with Crippen molar-refractivity contribution in [2.45, 2.75) is 11.3 Å². The molecule has 4 N–H and O–H groups in total. The molecule has 9 nitrogen and oxygen atoms in total. The summed E-state index contributed by atoms with van der Waals surface area (Å²) in [7, 11) is 1.72. The zero-order valence-electron chi connectivity index (χ0n) is 12.9. The Labute approximate surface area is 142 Å². The summed E-state index contributed by atoms with van der Waals surface area (Å²) in [4.78, 5) is 35.9. The van der Waals surface area contributed by atoms with Crippen molar-refractivity contribution in [2.24, 2.45) is 5.73 Å². The number of nitrogens with zero attached hydrogens (tertiary/aromatic N) is 2. The SMILES string of the molecule is CN1CNC([N+](=O)[O-])=C1Sc1ccccc1C(=O)NCCC(N)=O. The monoisotopic (exact) mass is 351 g/mol. The first-order valence-electron chi connectivity index (χ1n) is 7.07. The van der Waals surface area contributed by atoms with E-state index in [1.807, 2.05) is 0 Å². The summed E-state index contributed by atoms with van der Waals surface area (Å²) >= 11 is 1.14. The third kappa shape index (κ3) is 4.16. The van der Waals surface area contributed by atoms with Gasteiger partial charge in [-0.25, -0.2) is 0 Å². The maximum atomic E-state index is 12.3. The van der Waals surface area contributed by atoms with E-state index in [1.54, 1.807) is 36.2 Å². The largest absolute Gasteiger partial charge is 0.370 e. The number of nitro groups is 1. The van der Waals surface area contributed by atoms with Gasteiger partial charge in [-0.05, 0) is 17.1 Å². The molecule has 1 aromatic rings. The molecule has 2 rings (SSSR count). The second-order valence-electron chi connectivity index (χ2n) is 5.01. The lowest BCUT2D eigenvalue weighted by Crippen LogP contribution is -2.28. The Bertz CT molecular complexity index is 706. The molecule has 0 saturated heterocycles. The first-order chi connectivity index (χ1) is 11.4. The van der Waals surface area contributed by atoms with Crippen LogP contribution in [0.3, 0.4) is 0 Å². The number of hydrogen-bond donors (Lipinski definition) is 3. The molecule has 2 amide bonds. The Kier molecular flexibility index (Phi) is 5.64. The summed E-state index contributed by atoms with van der Waals surface area (Å²) in [5.74, 6) is -0.958. The molecule has 1 aliphatic heterocycles. The lowest BCUT2D eigenvalue weighted by Gasteiger charge is -2.13. The highest BCUT2D eigenvalue weighted by Gasteiger charge is 2.29. The van der Waals surface area contributed by atoms with Crippen molar-refractivity contribution < 1.29 is 14.5 Å². The van der Waals surface area contributed by atoms with Crippen LogP contribution in [-0.2, 0) is 4.79 Å². The Balaban J connectivity index is 2.20. The van der Waals surface area contributed by atoms with Gasteiger partial charge in [-0.1, -0.05) is 23.9 Å². The van der Waals surface area contributed by atoms with Crippen molar-refractivity contribution in [1.29, 1.82) is 0 Å². The number of carbonyl (C=O) groups is 2. The number of hydrogen-bond acceptors (Lipinski definition) is 7. The molecule has 1 aliphatic rings. The van der Waals surface area contributed by atoms with Crippen LogP contribution in [0.25, 0.3) is 0 Å². The highest BCUT2D eigenvalue weighted by molar-refractivity contribution is 8.03. The van der Waals surface area contributed by atoms with E-state index in [0.29, 0.717) is 22.2 Å². The van der Waals surface area contributed by atoms with Gasteiger partial charge in [0.2, 0.25) is 5.91 Å². The van der Waals surface area contributed by atoms with Gasteiger partial charge in [0.15, 0.2) is 11.7 Å². The lowest BCUT2D eigenvalue weighted by molar-refractivity contribution is -0.430. The van der Waals surface area contributed by atoms with E-state index in [0.717, 1.165) is 11.8 Å². The van der Waals surface area contributed by atoms with Gasteiger partial charge >= 0.3 is 5.82 Å². The van der Waals surface area contributed by atoms with Crippen LogP contribution in [0.1, 0.15) is 16.8 Å².